The number of benzene rings is 1. The van der Waals surface area contributed by atoms with Crippen LogP contribution in [0, 0.1) is 12.8 Å². The maximum Gasteiger partial charge on any atom is 0.229 e. The molecule has 4 heteroatoms. The summed E-state index contributed by atoms with van der Waals surface area (Å²) in [5.41, 5.74) is 2.00. The molecule has 18 heavy (non-hydrogen) atoms. The largest absolute Gasteiger partial charge is 0.326 e. The van der Waals surface area contributed by atoms with Gasteiger partial charge in [-0.25, -0.2) is 0 Å². The SMILES string of the molecule is Cc1c(Br)cccc1NC(=O)C1CC2CCC1N2. The van der Waals surface area contributed by atoms with Crippen molar-refractivity contribution in [1.82, 2.24) is 5.32 Å². The van der Waals surface area contributed by atoms with Gasteiger partial charge in [-0.15, -0.1) is 0 Å². The molecule has 2 N–H and O–H groups in total. The fourth-order valence-electron chi connectivity index (χ4n) is 3.08. The number of rotatable bonds is 2. The Hall–Kier alpha value is -0.870. The monoisotopic (exact) mass is 308 g/mol. The first-order valence-electron chi connectivity index (χ1n) is 6.47. The molecule has 3 atom stereocenters. The van der Waals surface area contributed by atoms with Crippen LogP contribution in [0.5, 0.6) is 0 Å². The lowest BCUT2D eigenvalue weighted by Gasteiger charge is -2.20. The Morgan fingerprint density at radius 2 is 2.28 bits per heavy atom. The van der Waals surface area contributed by atoms with Crippen molar-refractivity contribution >= 4 is 27.5 Å². The number of hydrogen-bond donors (Lipinski definition) is 2. The maximum absolute atomic E-state index is 12.3. The van der Waals surface area contributed by atoms with Crippen molar-refractivity contribution in [2.24, 2.45) is 5.92 Å². The van der Waals surface area contributed by atoms with Crippen LogP contribution in [0.1, 0.15) is 24.8 Å². The van der Waals surface area contributed by atoms with Gasteiger partial charge in [0, 0.05) is 22.2 Å². The van der Waals surface area contributed by atoms with Gasteiger partial charge in [0.2, 0.25) is 5.91 Å². The van der Waals surface area contributed by atoms with Gasteiger partial charge in [0.1, 0.15) is 0 Å². The zero-order chi connectivity index (χ0) is 12.7. The molecule has 3 rings (SSSR count). The number of hydrogen-bond acceptors (Lipinski definition) is 2. The first-order valence-corrected chi connectivity index (χ1v) is 7.26. The van der Waals surface area contributed by atoms with Crippen LogP contribution in [0.4, 0.5) is 5.69 Å². The maximum atomic E-state index is 12.3. The van der Waals surface area contributed by atoms with E-state index in [1.54, 1.807) is 0 Å². The van der Waals surface area contributed by atoms with Crippen molar-refractivity contribution in [3.05, 3.63) is 28.2 Å². The van der Waals surface area contributed by atoms with Crippen molar-refractivity contribution < 1.29 is 4.79 Å². The molecular weight excluding hydrogens is 292 g/mol. The smallest absolute Gasteiger partial charge is 0.229 e. The Kier molecular flexibility index (Phi) is 3.16. The van der Waals surface area contributed by atoms with E-state index in [1.165, 1.54) is 6.42 Å². The highest BCUT2D eigenvalue weighted by Gasteiger charge is 2.42. The molecule has 3 unspecified atom stereocenters. The second-order valence-electron chi connectivity index (χ2n) is 5.29. The third kappa shape index (κ3) is 2.08. The van der Waals surface area contributed by atoms with Crippen LogP contribution in [0.3, 0.4) is 0 Å². The van der Waals surface area contributed by atoms with Crippen molar-refractivity contribution in [2.75, 3.05) is 5.32 Å². The van der Waals surface area contributed by atoms with Gasteiger partial charge in [-0.2, -0.15) is 0 Å². The minimum absolute atomic E-state index is 0.141. The predicted octanol–water partition coefficient (Wildman–Crippen LogP) is 2.84. The lowest BCUT2D eigenvalue weighted by molar-refractivity contribution is -0.120. The normalized spacial score (nSPS) is 29.6. The van der Waals surface area contributed by atoms with Gasteiger partial charge in [0.05, 0.1) is 5.92 Å². The highest BCUT2D eigenvalue weighted by Crippen LogP contribution is 2.34. The van der Waals surface area contributed by atoms with Crippen LogP contribution in [0.2, 0.25) is 0 Å². The summed E-state index contributed by atoms with van der Waals surface area (Å²) in [6, 6.07) is 6.85. The second kappa shape index (κ2) is 4.67. The summed E-state index contributed by atoms with van der Waals surface area (Å²) in [4.78, 5) is 12.3. The average Bonchev–Trinajstić information content (AvgIpc) is 2.97. The number of carbonyl (C=O) groups excluding carboxylic acids is 1. The second-order valence-corrected chi connectivity index (χ2v) is 6.15. The summed E-state index contributed by atoms with van der Waals surface area (Å²) < 4.78 is 1.03. The molecule has 0 spiro atoms. The Labute approximate surface area is 115 Å². The number of anilines is 1. The summed E-state index contributed by atoms with van der Waals surface area (Å²) in [6.45, 7) is 2.01. The molecule has 2 heterocycles. The molecule has 1 aromatic carbocycles. The predicted molar refractivity (Wildman–Crippen MR) is 75.6 cm³/mol. The summed E-state index contributed by atoms with van der Waals surface area (Å²) in [6.07, 6.45) is 3.36. The third-order valence-corrected chi connectivity index (χ3v) is 5.02. The molecular formula is C14H17BrN2O. The third-order valence-electron chi connectivity index (χ3n) is 4.16. The minimum Gasteiger partial charge on any atom is -0.326 e. The minimum atomic E-state index is 0.141. The quantitative estimate of drug-likeness (QED) is 0.882. The molecule has 2 aliphatic rings. The van der Waals surface area contributed by atoms with Crippen LogP contribution >= 0.6 is 15.9 Å². The van der Waals surface area contributed by atoms with Crippen molar-refractivity contribution in [3.63, 3.8) is 0 Å². The lowest BCUT2D eigenvalue weighted by Crippen LogP contribution is -2.33. The van der Waals surface area contributed by atoms with E-state index in [0.717, 1.165) is 28.6 Å². The molecule has 2 fully saturated rings. The van der Waals surface area contributed by atoms with Crippen LogP contribution in [-0.4, -0.2) is 18.0 Å². The van der Waals surface area contributed by atoms with Gasteiger partial charge in [0.15, 0.2) is 0 Å². The topological polar surface area (TPSA) is 41.1 Å². The van der Waals surface area contributed by atoms with Gasteiger partial charge in [-0.1, -0.05) is 22.0 Å². The van der Waals surface area contributed by atoms with E-state index >= 15 is 0 Å². The Bertz CT molecular complexity index is 489. The van der Waals surface area contributed by atoms with Crippen molar-refractivity contribution in [2.45, 2.75) is 38.3 Å². The summed E-state index contributed by atoms with van der Waals surface area (Å²) in [7, 11) is 0. The first kappa shape index (κ1) is 12.2. The van der Waals surface area contributed by atoms with E-state index in [-0.39, 0.29) is 11.8 Å². The van der Waals surface area contributed by atoms with E-state index in [4.69, 9.17) is 0 Å². The van der Waals surface area contributed by atoms with E-state index in [9.17, 15) is 4.79 Å². The molecule has 1 amide bonds. The number of fused-ring (bicyclic) bond motifs is 2. The van der Waals surface area contributed by atoms with Gasteiger partial charge in [-0.05, 0) is 43.9 Å². The molecule has 2 bridgehead atoms. The first-order chi connectivity index (χ1) is 8.65. The van der Waals surface area contributed by atoms with E-state index in [0.29, 0.717) is 12.1 Å². The molecule has 3 nitrogen and oxygen atoms in total. The molecule has 0 aromatic heterocycles. The van der Waals surface area contributed by atoms with Gasteiger partial charge < -0.3 is 10.6 Å². The summed E-state index contributed by atoms with van der Waals surface area (Å²) in [5.74, 6) is 0.304. The van der Waals surface area contributed by atoms with Crippen LogP contribution in [0.15, 0.2) is 22.7 Å². The highest BCUT2D eigenvalue weighted by atomic mass is 79.9. The highest BCUT2D eigenvalue weighted by molar-refractivity contribution is 9.10. The fourth-order valence-corrected chi connectivity index (χ4v) is 3.45. The van der Waals surface area contributed by atoms with E-state index < -0.39 is 0 Å². The molecule has 0 saturated carbocycles. The number of carbonyl (C=O) groups is 1. The Morgan fingerprint density at radius 1 is 1.44 bits per heavy atom. The summed E-state index contributed by atoms with van der Waals surface area (Å²) in [5, 5.41) is 6.57. The number of halogens is 1. The molecule has 0 aliphatic carbocycles. The Balaban J connectivity index is 1.73. The number of nitrogens with one attached hydrogen (secondary N) is 2. The molecule has 2 saturated heterocycles. The molecule has 1 aromatic rings. The number of amides is 1. The van der Waals surface area contributed by atoms with Crippen LogP contribution < -0.4 is 10.6 Å². The van der Waals surface area contributed by atoms with Crippen LogP contribution in [-0.2, 0) is 4.79 Å². The van der Waals surface area contributed by atoms with Crippen molar-refractivity contribution in [1.29, 1.82) is 0 Å². The average molecular weight is 309 g/mol. The van der Waals surface area contributed by atoms with Gasteiger partial charge in [-0.3, -0.25) is 4.79 Å². The molecule has 2 aliphatic heterocycles. The molecule has 0 radical (unpaired) electrons. The van der Waals surface area contributed by atoms with Crippen LogP contribution in [0.25, 0.3) is 0 Å². The van der Waals surface area contributed by atoms with Crippen molar-refractivity contribution in [3.8, 4) is 0 Å². The lowest BCUT2D eigenvalue weighted by atomic mass is 9.88. The fraction of sp³-hybridized carbons (Fsp3) is 0.500. The summed E-state index contributed by atoms with van der Waals surface area (Å²) >= 11 is 3.49. The van der Waals surface area contributed by atoms with Gasteiger partial charge >= 0.3 is 0 Å². The zero-order valence-electron chi connectivity index (χ0n) is 10.4. The zero-order valence-corrected chi connectivity index (χ0v) is 12.0. The van der Waals surface area contributed by atoms with Gasteiger partial charge in [0.25, 0.3) is 0 Å². The standard InChI is InChI=1S/C14H17BrN2O/c1-8-11(15)3-2-4-12(8)17-14(18)10-7-9-5-6-13(10)16-9/h2-4,9-10,13,16H,5-7H2,1H3,(H,17,18). The van der Waals surface area contributed by atoms with E-state index in [1.807, 2.05) is 25.1 Å². The van der Waals surface area contributed by atoms with E-state index in [2.05, 4.69) is 26.6 Å². The Morgan fingerprint density at radius 3 is 2.94 bits per heavy atom. The molecule has 96 valence electrons.